The number of benzene rings is 1. The van der Waals surface area contributed by atoms with E-state index in [0.29, 0.717) is 0 Å². The van der Waals surface area contributed by atoms with E-state index in [0.717, 1.165) is 12.5 Å². The topological polar surface area (TPSA) is 43.4 Å². The van der Waals surface area contributed by atoms with Gasteiger partial charge < -0.3 is 4.74 Å². The van der Waals surface area contributed by atoms with Gasteiger partial charge in [-0.25, -0.2) is 12.8 Å². The van der Waals surface area contributed by atoms with Gasteiger partial charge in [-0.15, -0.1) is 0 Å². The highest BCUT2D eigenvalue weighted by molar-refractivity contribution is 8.13. The van der Waals surface area contributed by atoms with E-state index in [1.165, 1.54) is 12.1 Å². The lowest BCUT2D eigenvalue weighted by atomic mass is 10.3. The van der Waals surface area contributed by atoms with E-state index in [1.807, 2.05) is 6.92 Å². The minimum atomic E-state index is -3.90. The lowest BCUT2D eigenvalue weighted by molar-refractivity contribution is 0.207. The first kappa shape index (κ1) is 13.3. The Morgan fingerprint density at radius 1 is 1.50 bits per heavy atom. The Bertz CT molecular complexity index is 473. The third kappa shape index (κ3) is 3.35. The second kappa shape index (κ2) is 5.01. The van der Waals surface area contributed by atoms with Crippen molar-refractivity contribution in [1.29, 1.82) is 0 Å². The molecule has 1 unspecified atom stereocenters. The maximum absolute atomic E-state index is 13.4. The van der Waals surface area contributed by atoms with E-state index >= 15 is 0 Å². The van der Waals surface area contributed by atoms with Crippen molar-refractivity contribution in [1.82, 2.24) is 0 Å². The van der Waals surface area contributed by atoms with Gasteiger partial charge in [-0.1, -0.05) is 6.92 Å². The quantitative estimate of drug-likeness (QED) is 0.787. The molecule has 3 nitrogen and oxygen atoms in total. The number of rotatable bonds is 4. The van der Waals surface area contributed by atoms with Crippen molar-refractivity contribution in [3.8, 4) is 5.75 Å². The Kier molecular flexibility index (Phi) is 4.15. The summed E-state index contributed by atoms with van der Waals surface area (Å²) in [6.07, 6.45) is 0.600. The zero-order chi connectivity index (χ0) is 12.3. The molecule has 0 aliphatic rings. The molecule has 0 N–H and O–H groups in total. The molecule has 0 saturated carbocycles. The largest absolute Gasteiger partial charge is 0.488 e. The van der Waals surface area contributed by atoms with E-state index in [1.54, 1.807) is 6.92 Å². The van der Waals surface area contributed by atoms with Gasteiger partial charge in [0, 0.05) is 10.7 Å². The van der Waals surface area contributed by atoms with Gasteiger partial charge in [0.05, 0.1) is 11.0 Å². The highest BCUT2D eigenvalue weighted by Crippen LogP contribution is 2.24. The normalized spacial score (nSPS) is 13.5. The molecule has 0 spiro atoms. The number of hydrogen-bond donors (Lipinski definition) is 0. The molecule has 0 amide bonds. The average molecular weight is 267 g/mol. The Hall–Kier alpha value is -0.810. The Balaban J connectivity index is 3.01. The fraction of sp³-hybridized carbons (Fsp3) is 0.400. The lowest BCUT2D eigenvalue weighted by Crippen LogP contribution is -2.10. The predicted molar refractivity (Wildman–Crippen MR) is 59.8 cm³/mol. The van der Waals surface area contributed by atoms with E-state index in [9.17, 15) is 12.8 Å². The first-order valence-electron chi connectivity index (χ1n) is 4.75. The van der Waals surface area contributed by atoms with Gasteiger partial charge in [-0.3, -0.25) is 0 Å². The van der Waals surface area contributed by atoms with Gasteiger partial charge in [0.15, 0.2) is 11.6 Å². The maximum Gasteiger partial charge on any atom is 0.261 e. The molecule has 0 saturated heterocycles. The second-order valence-electron chi connectivity index (χ2n) is 3.37. The summed E-state index contributed by atoms with van der Waals surface area (Å²) in [6.45, 7) is 3.70. The van der Waals surface area contributed by atoms with Gasteiger partial charge in [0.2, 0.25) is 0 Å². The van der Waals surface area contributed by atoms with Crippen molar-refractivity contribution < 1.29 is 17.5 Å². The average Bonchev–Trinajstić information content (AvgIpc) is 2.19. The van der Waals surface area contributed by atoms with Crippen molar-refractivity contribution in [2.24, 2.45) is 0 Å². The molecular formula is C10H12ClFO3S. The van der Waals surface area contributed by atoms with Crippen LogP contribution in [0.2, 0.25) is 0 Å². The first-order chi connectivity index (χ1) is 7.34. The minimum Gasteiger partial charge on any atom is -0.488 e. The molecule has 90 valence electrons. The molecule has 0 aliphatic heterocycles. The summed E-state index contributed by atoms with van der Waals surface area (Å²) in [5, 5.41) is 0. The van der Waals surface area contributed by atoms with E-state index in [4.69, 9.17) is 15.4 Å². The minimum absolute atomic E-state index is 0.0263. The number of halogens is 2. The van der Waals surface area contributed by atoms with Gasteiger partial charge in [-0.2, -0.15) is 0 Å². The van der Waals surface area contributed by atoms with Crippen LogP contribution in [0.25, 0.3) is 0 Å². The van der Waals surface area contributed by atoms with Crippen LogP contribution in [0, 0.1) is 5.82 Å². The fourth-order valence-electron chi connectivity index (χ4n) is 1.03. The van der Waals surface area contributed by atoms with Crippen LogP contribution in [0.5, 0.6) is 5.75 Å². The molecule has 16 heavy (non-hydrogen) atoms. The number of ether oxygens (including phenoxy) is 1. The van der Waals surface area contributed by atoms with Crippen molar-refractivity contribution in [3.05, 3.63) is 24.0 Å². The Labute approximate surface area is 98.6 Å². The summed E-state index contributed by atoms with van der Waals surface area (Å²) >= 11 is 0. The third-order valence-corrected chi connectivity index (χ3v) is 3.44. The summed E-state index contributed by atoms with van der Waals surface area (Å²) in [4.78, 5) is -0.275. The molecule has 1 aromatic carbocycles. The lowest BCUT2D eigenvalue weighted by Gasteiger charge is -2.13. The Morgan fingerprint density at radius 2 is 2.12 bits per heavy atom. The molecule has 1 aromatic rings. The van der Waals surface area contributed by atoms with Crippen LogP contribution in [0.15, 0.2) is 23.1 Å². The van der Waals surface area contributed by atoms with Crippen LogP contribution in [-0.2, 0) is 9.05 Å². The highest BCUT2D eigenvalue weighted by Gasteiger charge is 2.14. The van der Waals surface area contributed by atoms with Crippen LogP contribution in [-0.4, -0.2) is 14.5 Å². The number of hydrogen-bond acceptors (Lipinski definition) is 3. The predicted octanol–water partition coefficient (Wildman–Crippen LogP) is 2.93. The summed E-state index contributed by atoms with van der Waals surface area (Å²) in [5.41, 5.74) is 0. The molecule has 1 atom stereocenters. The van der Waals surface area contributed by atoms with E-state index in [-0.39, 0.29) is 16.7 Å². The standard InChI is InChI=1S/C10H12ClFO3S/c1-3-7(2)15-10-5-4-8(6-9(10)12)16(11,13)14/h4-7H,3H2,1-2H3. The molecule has 0 aliphatic carbocycles. The SMILES string of the molecule is CCC(C)Oc1ccc(S(=O)(=O)Cl)cc1F. The zero-order valence-electron chi connectivity index (χ0n) is 8.91. The maximum atomic E-state index is 13.4. The monoisotopic (exact) mass is 266 g/mol. The van der Waals surface area contributed by atoms with Crippen LogP contribution < -0.4 is 4.74 Å². The van der Waals surface area contributed by atoms with Crippen LogP contribution >= 0.6 is 10.7 Å². The van der Waals surface area contributed by atoms with Crippen LogP contribution in [0.1, 0.15) is 20.3 Å². The highest BCUT2D eigenvalue weighted by atomic mass is 35.7. The van der Waals surface area contributed by atoms with Crippen LogP contribution in [0.3, 0.4) is 0 Å². The summed E-state index contributed by atoms with van der Waals surface area (Å²) in [6, 6.07) is 3.32. The molecule has 1 rings (SSSR count). The molecule has 0 fully saturated rings. The third-order valence-electron chi connectivity index (χ3n) is 2.09. The van der Waals surface area contributed by atoms with Crippen molar-refractivity contribution in [2.45, 2.75) is 31.3 Å². The van der Waals surface area contributed by atoms with Crippen molar-refractivity contribution >= 4 is 19.7 Å². The van der Waals surface area contributed by atoms with Gasteiger partial charge in [0.25, 0.3) is 9.05 Å². The molecule has 6 heteroatoms. The van der Waals surface area contributed by atoms with Crippen LogP contribution in [0.4, 0.5) is 4.39 Å². The van der Waals surface area contributed by atoms with E-state index < -0.39 is 14.9 Å². The van der Waals surface area contributed by atoms with Gasteiger partial charge in [-0.05, 0) is 31.5 Å². The van der Waals surface area contributed by atoms with E-state index in [2.05, 4.69) is 0 Å². The Morgan fingerprint density at radius 3 is 2.56 bits per heavy atom. The molecule has 0 heterocycles. The second-order valence-corrected chi connectivity index (χ2v) is 5.93. The summed E-state index contributed by atoms with van der Waals surface area (Å²) < 4.78 is 40.5. The zero-order valence-corrected chi connectivity index (χ0v) is 10.5. The summed E-state index contributed by atoms with van der Waals surface area (Å²) in [7, 11) is 1.18. The molecule has 0 radical (unpaired) electrons. The first-order valence-corrected chi connectivity index (χ1v) is 7.06. The summed E-state index contributed by atoms with van der Waals surface area (Å²) in [5.74, 6) is -0.708. The van der Waals surface area contributed by atoms with Crippen molar-refractivity contribution in [3.63, 3.8) is 0 Å². The molecular weight excluding hydrogens is 255 g/mol. The smallest absolute Gasteiger partial charge is 0.261 e. The van der Waals surface area contributed by atoms with Gasteiger partial charge in [0.1, 0.15) is 0 Å². The van der Waals surface area contributed by atoms with Crippen molar-refractivity contribution in [2.75, 3.05) is 0 Å². The van der Waals surface area contributed by atoms with Gasteiger partial charge >= 0.3 is 0 Å². The fourth-order valence-corrected chi connectivity index (χ4v) is 1.79. The molecule has 0 bridgehead atoms. The molecule has 0 aromatic heterocycles.